The minimum absolute atomic E-state index is 0.277. The van der Waals surface area contributed by atoms with Gasteiger partial charge in [-0.2, -0.15) is 0 Å². The number of pyridine rings is 1. The van der Waals surface area contributed by atoms with E-state index < -0.39 is 0 Å². The molecule has 1 saturated heterocycles. The minimum Gasteiger partial charge on any atom is -0.495 e. The molecule has 0 unspecified atom stereocenters. The van der Waals surface area contributed by atoms with Crippen LogP contribution in [0.3, 0.4) is 0 Å². The Morgan fingerprint density at radius 3 is 2.44 bits per heavy atom. The first-order chi connectivity index (χ1) is 13.0. The van der Waals surface area contributed by atoms with E-state index in [2.05, 4.69) is 27.1 Å². The van der Waals surface area contributed by atoms with Crippen LogP contribution in [-0.2, 0) is 0 Å². The van der Waals surface area contributed by atoms with Crippen LogP contribution in [0.5, 0.6) is 11.5 Å². The second-order valence-electron chi connectivity index (χ2n) is 6.36. The van der Waals surface area contributed by atoms with Crippen molar-refractivity contribution in [2.75, 3.05) is 57.7 Å². The number of likely N-dealkylation sites (N-methyl/N-ethyl adjacent to an activating group) is 1. The summed E-state index contributed by atoms with van der Waals surface area (Å²) in [5, 5.41) is 3.26. The number of ether oxygens (including phenoxy) is 2. The van der Waals surface area contributed by atoms with Crippen LogP contribution < -0.4 is 19.7 Å². The van der Waals surface area contributed by atoms with Gasteiger partial charge in [-0.3, -0.25) is 9.78 Å². The molecule has 1 aliphatic rings. The van der Waals surface area contributed by atoms with Gasteiger partial charge in [-0.15, -0.1) is 0 Å². The average molecular weight is 391 g/mol. The highest BCUT2D eigenvalue weighted by Gasteiger charge is 2.18. The zero-order chi connectivity index (χ0) is 19.4. The van der Waals surface area contributed by atoms with Gasteiger partial charge in [0.15, 0.2) is 0 Å². The number of anilines is 2. The summed E-state index contributed by atoms with van der Waals surface area (Å²) in [4.78, 5) is 21.5. The first-order valence-corrected chi connectivity index (χ1v) is 9.01. The Labute approximate surface area is 163 Å². The fraction of sp³-hybridized carbons (Fsp3) is 0.368. The Morgan fingerprint density at radius 1 is 1.07 bits per heavy atom. The van der Waals surface area contributed by atoms with Crippen molar-refractivity contribution in [3.05, 3.63) is 41.2 Å². The highest BCUT2D eigenvalue weighted by Crippen LogP contribution is 2.36. The maximum Gasteiger partial charge on any atom is 0.257 e. The Bertz CT molecular complexity index is 823. The molecule has 1 aromatic heterocycles. The van der Waals surface area contributed by atoms with Crippen molar-refractivity contribution >= 4 is 28.9 Å². The van der Waals surface area contributed by atoms with E-state index in [1.54, 1.807) is 24.5 Å². The lowest BCUT2D eigenvalue weighted by Crippen LogP contribution is -2.44. The van der Waals surface area contributed by atoms with Gasteiger partial charge < -0.3 is 24.6 Å². The van der Waals surface area contributed by atoms with Crippen LogP contribution in [0.2, 0.25) is 5.02 Å². The van der Waals surface area contributed by atoms with E-state index in [-0.39, 0.29) is 5.91 Å². The molecule has 0 atom stereocenters. The number of rotatable bonds is 5. The van der Waals surface area contributed by atoms with Crippen molar-refractivity contribution in [1.82, 2.24) is 9.88 Å². The molecule has 0 radical (unpaired) electrons. The van der Waals surface area contributed by atoms with E-state index in [4.69, 9.17) is 21.1 Å². The minimum atomic E-state index is -0.277. The number of benzene rings is 1. The zero-order valence-electron chi connectivity index (χ0n) is 15.7. The maximum atomic E-state index is 12.7. The van der Waals surface area contributed by atoms with Gasteiger partial charge in [-0.1, -0.05) is 11.6 Å². The van der Waals surface area contributed by atoms with E-state index in [0.29, 0.717) is 27.8 Å². The number of aromatic nitrogens is 1. The van der Waals surface area contributed by atoms with Gasteiger partial charge in [0.2, 0.25) is 0 Å². The summed E-state index contributed by atoms with van der Waals surface area (Å²) in [7, 11) is 5.14. The number of nitrogens with zero attached hydrogens (tertiary/aromatic N) is 3. The van der Waals surface area contributed by atoms with E-state index in [0.717, 1.165) is 31.9 Å². The molecule has 2 aromatic rings. The van der Waals surface area contributed by atoms with E-state index in [1.165, 1.54) is 14.2 Å². The Morgan fingerprint density at radius 2 is 1.78 bits per heavy atom. The summed E-state index contributed by atoms with van der Waals surface area (Å²) >= 11 is 6.11. The summed E-state index contributed by atoms with van der Waals surface area (Å²) in [5.41, 5.74) is 1.90. The molecule has 1 aliphatic heterocycles. The summed E-state index contributed by atoms with van der Waals surface area (Å²) < 4.78 is 10.5. The number of carbonyl (C=O) groups excluding carboxylic acids is 1. The summed E-state index contributed by atoms with van der Waals surface area (Å²) in [6.45, 7) is 3.79. The smallest absolute Gasteiger partial charge is 0.257 e. The predicted molar refractivity (Wildman–Crippen MR) is 106 cm³/mol. The average Bonchev–Trinajstić information content (AvgIpc) is 2.69. The summed E-state index contributed by atoms with van der Waals surface area (Å²) in [6.07, 6.45) is 3.34. The van der Waals surface area contributed by atoms with E-state index >= 15 is 0 Å². The lowest BCUT2D eigenvalue weighted by Gasteiger charge is -2.33. The van der Waals surface area contributed by atoms with Crippen LogP contribution in [0.25, 0.3) is 0 Å². The van der Waals surface area contributed by atoms with Crippen LogP contribution in [0.15, 0.2) is 30.6 Å². The molecule has 1 aromatic carbocycles. The molecule has 0 saturated carbocycles. The molecular formula is C19H23ClN4O3. The van der Waals surface area contributed by atoms with Crippen LogP contribution in [-0.4, -0.2) is 63.2 Å². The molecule has 7 nitrogen and oxygen atoms in total. The van der Waals surface area contributed by atoms with Gasteiger partial charge in [-0.05, 0) is 13.1 Å². The van der Waals surface area contributed by atoms with Crippen molar-refractivity contribution < 1.29 is 14.3 Å². The zero-order valence-corrected chi connectivity index (χ0v) is 16.4. The Kier molecular flexibility index (Phi) is 6.03. The molecule has 8 heteroatoms. The number of nitrogens with one attached hydrogen (secondary N) is 1. The number of hydrogen-bond donors (Lipinski definition) is 1. The number of halogens is 1. The lowest BCUT2D eigenvalue weighted by atomic mass is 10.2. The number of piperazine rings is 1. The molecule has 2 heterocycles. The largest absolute Gasteiger partial charge is 0.495 e. The first-order valence-electron chi connectivity index (χ1n) is 8.63. The Hall–Kier alpha value is -2.51. The number of methoxy groups -OCH3 is 2. The predicted octanol–water partition coefficient (Wildman–Crippen LogP) is 2.76. The van der Waals surface area contributed by atoms with Gasteiger partial charge in [-0.25, -0.2) is 0 Å². The van der Waals surface area contributed by atoms with Crippen LogP contribution in [0, 0.1) is 0 Å². The van der Waals surface area contributed by atoms with Crippen molar-refractivity contribution in [2.45, 2.75) is 0 Å². The van der Waals surface area contributed by atoms with E-state index in [1.807, 2.05) is 6.07 Å². The number of amides is 1. The Balaban J connectivity index is 1.80. The fourth-order valence-corrected chi connectivity index (χ4v) is 3.17. The second kappa shape index (κ2) is 8.45. The summed E-state index contributed by atoms with van der Waals surface area (Å²) in [5.74, 6) is 0.635. The maximum absolute atomic E-state index is 12.7. The third-order valence-electron chi connectivity index (χ3n) is 4.58. The third kappa shape index (κ3) is 4.43. The highest BCUT2D eigenvalue weighted by atomic mass is 35.5. The number of carbonyl (C=O) groups is 1. The number of hydrogen-bond acceptors (Lipinski definition) is 6. The molecule has 0 bridgehead atoms. The quantitative estimate of drug-likeness (QED) is 0.846. The topological polar surface area (TPSA) is 66.9 Å². The SMILES string of the molecule is COc1cc(NC(=O)c2cncc(N3CCN(C)CC3)c2)c(OC)cc1Cl. The first kappa shape index (κ1) is 19.3. The monoisotopic (exact) mass is 390 g/mol. The molecule has 1 amide bonds. The lowest BCUT2D eigenvalue weighted by molar-refractivity contribution is 0.102. The van der Waals surface area contributed by atoms with Crippen molar-refractivity contribution in [1.29, 1.82) is 0 Å². The normalized spacial score (nSPS) is 14.7. The van der Waals surface area contributed by atoms with Gasteiger partial charge in [0.05, 0.1) is 42.4 Å². The molecule has 0 spiro atoms. The van der Waals surface area contributed by atoms with Crippen LogP contribution in [0.1, 0.15) is 10.4 Å². The molecule has 1 fully saturated rings. The second-order valence-corrected chi connectivity index (χ2v) is 6.77. The van der Waals surface area contributed by atoms with Gasteiger partial charge >= 0.3 is 0 Å². The summed E-state index contributed by atoms with van der Waals surface area (Å²) in [6, 6.07) is 5.10. The molecule has 144 valence electrons. The molecule has 27 heavy (non-hydrogen) atoms. The highest BCUT2D eigenvalue weighted by molar-refractivity contribution is 6.32. The van der Waals surface area contributed by atoms with E-state index in [9.17, 15) is 4.79 Å². The van der Waals surface area contributed by atoms with Crippen molar-refractivity contribution in [3.8, 4) is 11.5 Å². The van der Waals surface area contributed by atoms with Gasteiger partial charge in [0.25, 0.3) is 5.91 Å². The van der Waals surface area contributed by atoms with Gasteiger partial charge in [0.1, 0.15) is 11.5 Å². The van der Waals surface area contributed by atoms with Crippen LogP contribution in [0.4, 0.5) is 11.4 Å². The van der Waals surface area contributed by atoms with Crippen molar-refractivity contribution in [2.24, 2.45) is 0 Å². The fourth-order valence-electron chi connectivity index (χ4n) is 2.94. The van der Waals surface area contributed by atoms with Crippen molar-refractivity contribution in [3.63, 3.8) is 0 Å². The van der Waals surface area contributed by atoms with Crippen LogP contribution >= 0.6 is 11.6 Å². The molecule has 3 rings (SSSR count). The molecule has 1 N–H and O–H groups in total. The van der Waals surface area contributed by atoms with Gasteiger partial charge in [0, 0.05) is 44.5 Å². The molecular weight excluding hydrogens is 368 g/mol. The molecule has 0 aliphatic carbocycles. The third-order valence-corrected chi connectivity index (χ3v) is 4.87. The standard InChI is InChI=1S/C19H23ClN4O3/c1-23-4-6-24(7-5-23)14-8-13(11-21-12-14)19(25)22-16-10-17(26-2)15(20)9-18(16)27-3/h8-12H,4-7H2,1-3H3,(H,22,25).